The first-order valence-corrected chi connectivity index (χ1v) is 9.48. The Balaban J connectivity index is 1.41. The molecule has 4 aromatic rings. The van der Waals surface area contributed by atoms with Gasteiger partial charge in [0, 0.05) is 11.6 Å². The quantitative estimate of drug-likeness (QED) is 0.326. The molecule has 1 atom stereocenters. The lowest BCUT2D eigenvalue weighted by Gasteiger charge is -2.07. The van der Waals surface area contributed by atoms with E-state index in [-0.39, 0.29) is 5.89 Å². The smallest absolute Gasteiger partial charge is 0.331 e. The Hall–Kier alpha value is -3.93. The monoisotopic (exact) mass is 400 g/mol. The fraction of sp³-hybridized carbons (Fsp3) is 0.125. The van der Waals surface area contributed by atoms with Crippen molar-refractivity contribution in [3.8, 4) is 17.2 Å². The molecule has 4 rings (SSSR count). The van der Waals surface area contributed by atoms with Gasteiger partial charge in [-0.25, -0.2) is 4.79 Å². The van der Waals surface area contributed by atoms with Crippen LogP contribution in [0.5, 0.6) is 5.75 Å². The molecule has 0 saturated carbocycles. The van der Waals surface area contributed by atoms with Gasteiger partial charge in [-0.2, -0.15) is 0 Å². The molecule has 0 fully saturated rings. The summed E-state index contributed by atoms with van der Waals surface area (Å²) in [6, 6.07) is 21.2. The van der Waals surface area contributed by atoms with Crippen LogP contribution in [0.15, 0.2) is 77.2 Å². The maximum Gasteiger partial charge on any atom is 0.331 e. The van der Waals surface area contributed by atoms with Crippen molar-refractivity contribution in [3.63, 3.8) is 0 Å². The molecule has 0 amide bonds. The van der Waals surface area contributed by atoms with Crippen LogP contribution in [0.25, 0.3) is 28.3 Å². The average molecular weight is 400 g/mol. The van der Waals surface area contributed by atoms with E-state index < -0.39 is 12.1 Å². The SMILES string of the molecule is COc1ccc2cc(/C=C/C(=O)O[C@@H](C)c3nnc(-c4ccccc4)o3)ccc2c1. The zero-order valence-electron chi connectivity index (χ0n) is 16.6. The van der Waals surface area contributed by atoms with Crippen LogP contribution in [0.3, 0.4) is 0 Å². The highest BCUT2D eigenvalue weighted by Gasteiger charge is 2.18. The minimum Gasteiger partial charge on any atom is -0.497 e. The average Bonchev–Trinajstić information content (AvgIpc) is 3.28. The Kier molecular flexibility index (Phi) is 5.57. The van der Waals surface area contributed by atoms with Gasteiger partial charge in [0.15, 0.2) is 6.10 Å². The topological polar surface area (TPSA) is 74.5 Å². The molecule has 0 N–H and O–H groups in total. The number of nitrogens with zero attached hydrogens (tertiary/aromatic N) is 2. The predicted octanol–water partition coefficient (Wildman–Crippen LogP) is 5.22. The molecule has 0 radical (unpaired) electrons. The van der Waals surface area contributed by atoms with Gasteiger partial charge in [0.2, 0.25) is 5.89 Å². The Morgan fingerprint density at radius 2 is 1.77 bits per heavy atom. The van der Waals surface area contributed by atoms with Crippen molar-refractivity contribution < 1.29 is 18.7 Å². The summed E-state index contributed by atoms with van der Waals surface area (Å²) in [7, 11) is 1.64. The Labute approximate surface area is 173 Å². The molecule has 0 unspecified atom stereocenters. The number of esters is 1. The molecule has 0 aliphatic carbocycles. The number of hydrogen-bond donors (Lipinski definition) is 0. The Morgan fingerprint density at radius 3 is 2.57 bits per heavy atom. The van der Waals surface area contributed by atoms with Gasteiger partial charge in [-0.3, -0.25) is 0 Å². The van der Waals surface area contributed by atoms with Gasteiger partial charge in [-0.05, 0) is 59.7 Å². The van der Waals surface area contributed by atoms with Crippen molar-refractivity contribution in [2.24, 2.45) is 0 Å². The zero-order chi connectivity index (χ0) is 20.9. The summed E-state index contributed by atoms with van der Waals surface area (Å²) >= 11 is 0. The van der Waals surface area contributed by atoms with Crippen LogP contribution in [0.2, 0.25) is 0 Å². The van der Waals surface area contributed by atoms with E-state index in [2.05, 4.69) is 10.2 Å². The molecule has 0 bridgehead atoms. The lowest BCUT2D eigenvalue weighted by atomic mass is 10.1. The van der Waals surface area contributed by atoms with E-state index in [1.807, 2.05) is 66.7 Å². The normalized spacial score (nSPS) is 12.2. The highest BCUT2D eigenvalue weighted by molar-refractivity contribution is 5.90. The van der Waals surface area contributed by atoms with E-state index in [0.717, 1.165) is 27.6 Å². The standard InChI is InChI=1S/C24H20N2O4/c1-16(23-25-26-24(30-23)18-6-4-3-5-7-18)29-22(27)13-9-17-8-10-20-15-21(28-2)12-11-19(20)14-17/h3-16H,1-2H3/b13-9+/t16-/m0/s1. The molecule has 0 aliphatic rings. The summed E-state index contributed by atoms with van der Waals surface area (Å²) in [5.74, 6) is 0.948. The van der Waals surface area contributed by atoms with Crippen LogP contribution >= 0.6 is 0 Å². The van der Waals surface area contributed by atoms with E-state index in [1.54, 1.807) is 20.1 Å². The molecule has 0 aliphatic heterocycles. The van der Waals surface area contributed by atoms with Gasteiger partial charge < -0.3 is 13.9 Å². The molecular formula is C24H20N2O4. The van der Waals surface area contributed by atoms with E-state index in [4.69, 9.17) is 13.9 Å². The second kappa shape index (κ2) is 8.61. The van der Waals surface area contributed by atoms with Crippen LogP contribution in [0.1, 0.15) is 24.5 Å². The molecule has 0 spiro atoms. The first-order valence-electron chi connectivity index (χ1n) is 9.48. The lowest BCUT2D eigenvalue weighted by Crippen LogP contribution is -2.06. The summed E-state index contributed by atoms with van der Waals surface area (Å²) in [5, 5.41) is 10.1. The van der Waals surface area contributed by atoms with Crippen molar-refractivity contribution in [2.75, 3.05) is 7.11 Å². The number of ether oxygens (including phenoxy) is 2. The fourth-order valence-corrected chi connectivity index (χ4v) is 3.00. The van der Waals surface area contributed by atoms with Crippen molar-refractivity contribution >= 4 is 22.8 Å². The van der Waals surface area contributed by atoms with Crippen LogP contribution in [-0.2, 0) is 9.53 Å². The van der Waals surface area contributed by atoms with Crippen molar-refractivity contribution in [3.05, 3.63) is 84.3 Å². The summed E-state index contributed by atoms with van der Waals surface area (Å²) in [5.41, 5.74) is 1.70. The van der Waals surface area contributed by atoms with Crippen LogP contribution in [-0.4, -0.2) is 23.3 Å². The molecule has 150 valence electrons. The van der Waals surface area contributed by atoms with Gasteiger partial charge in [-0.15, -0.1) is 10.2 Å². The number of aromatic nitrogens is 2. The summed E-state index contributed by atoms with van der Waals surface area (Å²) in [6.45, 7) is 1.69. The summed E-state index contributed by atoms with van der Waals surface area (Å²) in [6.07, 6.45) is 2.44. The maximum atomic E-state index is 12.2. The van der Waals surface area contributed by atoms with E-state index in [9.17, 15) is 4.79 Å². The van der Waals surface area contributed by atoms with Gasteiger partial charge in [0.25, 0.3) is 5.89 Å². The third-order valence-electron chi connectivity index (χ3n) is 4.59. The molecule has 1 heterocycles. The molecule has 6 nitrogen and oxygen atoms in total. The number of benzene rings is 3. The highest BCUT2D eigenvalue weighted by Crippen LogP contribution is 2.24. The van der Waals surface area contributed by atoms with Crippen LogP contribution in [0.4, 0.5) is 0 Å². The lowest BCUT2D eigenvalue weighted by molar-refractivity contribution is -0.143. The number of carbonyl (C=O) groups is 1. The van der Waals surface area contributed by atoms with E-state index >= 15 is 0 Å². The minimum absolute atomic E-state index is 0.246. The fourth-order valence-electron chi connectivity index (χ4n) is 3.00. The number of hydrogen-bond acceptors (Lipinski definition) is 6. The third kappa shape index (κ3) is 4.38. The van der Waals surface area contributed by atoms with Crippen LogP contribution < -0.4 is 4.74 Å². The second-order valence-electron chi connectivity index (χ2n) is 6.70. The largest absolute Gasteiger partial charge is 0.497 e. The molecule has 3 aromatic carbocycles. The number of fused-ring (bicyclic) bond motifs is 1. The van der Waals surface area contributed by atoms with Gasteiger partial charge in [0.1, 0.15) is 5.75 Å². The molecule has 0 saturated heterocycles. The van der Waals surface area contributed by atoms with Gasteiger partial charge >= 0.3 is 5.97 Å². The summed E-state index contributed by atoms with van der Waals surface area (Å²) in [4.78, 5) is 12.2. The minimum atomic E-state index is -0.656. The zero-order valence-corrected chi connectivity index (χ0v) is 16.6. The molecular weight excluding hydrogens is 380 g/mol. The second-order valence-corrected chi connectivity index (χ2v) is 6.70. The van der Waals surface area contributed by atoms with Crippen molar-refractivity contribution in [1.29, 1.82) is 0 Å². The molecule has 1 aromatic heterocycles. The van der Waals surface area contributed by atoms with Gasteiger partial charge in [0.05, 0.1) is 7.11 Å². The van der Waals surface area contributed by atoms with Gasteiger partial charge in [-0.1, -0.05) is 36.4 Å². The van der Waals surface area contributed by atoms with E-state index in [0.29, 0.717) is 5.89 Å². The molecule has 30 heavy (non-hydrogen) atoms. The van der Waals surface area contributed by atoms with Crippen molar-refractivity contribution in [1.82, 2.24) is 10.2 Å². The first kappa shape index (κ1) is 19.4. The van der Waals surface area contributed by atoms with Crippen LogP contribution in [0, 0.1) is 0 Å². The van der Waals surface area contributed by atoms with E-state index in [1.165, 1.54) is 6.08 Å². The van der Waals surface area contributed by atoms with Crippen molar-refractivity contribution in [2.45, 2.75) is 13.0 Å². The third-order valence-corrected chi connectivity index (χ3v) is 4.59. The highest BCUT2D eigenvalue weighted by atomic mass is 16.6. The first-order chi connectivity index (χ1) is 14.6. The number of rotatable bonds is 6. The molecule has 6 heteroatoms. The Bertz CT molecular complexity index is 1200. The Morgan fingerprint density at radius 1 is 1.00 bits per heavy atom. The summed E-state index contributed by atoms with van der Waals surface area (Å²) < 4.78 is 16.3. The predicted molar refractivity (Wildman–Crippen MR) is 114 cm³/mol. The number of carbonyl (C=O) groups excluding carboxylic acids is 1. The maximum absolute atomic E-state index is 12.2. The number of methoxy groups -OCH3 is 1.